The summed E-state index contributed by atoms with van der Waals surface area (Å²) in [4.78, 5) is 0.254. The van der Waals surface area contributed by atoms with Crippen molar-refractivity contribution in [2.45, 2.75) is 31.5 Å². The number of alkyl halides is 1. The highest BCUT2D eigenvalue weighted by Gasteiger charge is 2.20. The van der Waals surface area contributed by atoms with Crippen molar-refractivity contribution < 1.29 is 14.2 Å². The lowest BCUT2D eigenvalue weighted by Crippen LogP contribution is -2.01. The molecule has 1 aromatic carbocycles. The average molecular weight is 331 g/mol. The molecule has 0 aromatic heterocycles. The van der Waals surface area contributed by atoms with E-state index in [1.54, 1.807) is 21.3 Å². The van der Waals surface area contributed by atoms with Gasteiger partial charge < -0.3 is 14.2 Å². The fourth-order valence-electron chi connectivity index (χ4n) is 2.01. The van der Waals surface area contributed by atoms with Crippen molar-refractivity contribution in [2.24, 2.45) is 5.92 Å². The van der Waals surface area contributed by atoms with Crippen molar-refractivity contribution >= 4 is 15.9 Å². The van der Waals surface area contributed by atoms with Crippen LogP contribution in [0.3, 0.4) is 0 Å². The lowest BCUT2D eigenvalue weighted by molar-refractivity contribution is 0.321. The van der Waals surface area contributed by atoms with E-state index in [0.717, 1.165) is 24.2 Å². The highest BCUT2D eigenvalue weighted by molar-refractivity contribution is 9.09. The number of hydrogen-bond donors (Lipinski definition) is 0. The average Bonchev–Trinajstić information content (AvgIpc) is 2.42. The molecule has 0 amide bonds. The fourth-order valence-corrected chi connectivity index (χ4v) is 2.63. The molecule has 3 nitrogen and oxygen atoms in total. The van der Waals surface area contributed by atoms with Gasteiger partial charge in [0.1, 0.15) is 0 Å². The summed E-state index contributed by atoms with van der Waals surface area (Å²) in [7, 11) is 4.91. The molecular weight excluding hydrogens is 308 g/mol. The van der Waals surface area contributed by atoms with E-state index in [9.17, 15) is 0 Å². The number of methoxy groups -OCH3 is 3. The molecule has 0 aliphatic heterocycles. The Morgan fingerprint density at radius 2 is 1.58 bits per heavy atom. The predicted molar refractivity (Wildman–Crippen MR) is 81.8 cm³/mol. The molecule has 0 saturated carbocycles. The summed E-state index contributed by atoms with van der Waals surface area (Å²) in [6, 6.07) is 3.94. The zero-order valence-electron chi connectivity index (χ0n) is 12.3. The third-order valence-corrected chi connectivity index (χ3v) is 4.02. The number of benzene rings is 1. The van der Waals surface area contributed by atoms with E-state index >= 15 is 0 Å². The van der Waals surface area contributed by atoms with Crippen LogP contribution in [-0.4, -0.2) is 21.3 Å². The minimum absolute atomic E-state index is 0.254. The monoisotopic (exact) mass is 330 g/mol. The zero-order valence-corrected chi connectivity index (χ0v) is 13.9. The van der Waals surface area contributed by atoms with Gasteiger partial charge in [-0.15, -0.1) is 0 Å². The second kappa shape index (κ2) is 7.63. The molecule has 0 N–H and O–H groups in total. The van der Waals surface area contributed by atoms with Gasteiger partial charge in [-0.1, -0.05) is 35.8 Å². The maximum Gasteiger partial charge on any atom is 0.203 e. The highest BCUT2D eigenvalue weighted by atomic mass is 79.9. The number of rotatable bonds is 7. The maximum atomic E-state index is 5.50. The zero-order chi connectivity index (χ0) is 14.4. The van der Waals surface area contributed by atoms with Crippen LogP contribution in [0.1, 0.15) is 37.1 Å². The Kier molecular flexibility index (Phi) is 6.49. The van der Waals surface area contributed by atoms with E-state index in [0.29, 0.717) is 17.4 Å². The Hall–Kier alpha value is -0.900. The lowest BCUT2D eigenvalue weighted by atomic mass is 10.0. The molecular formula is C15H23BrO3. The Bertz CT molecular complexity index is 405. The van der Waals surface area contributed by atoms with Crippen LogP contribution in [0, 0.1) is 5.92 Å². The summed E-state index contributed by atoms with van der Waals surface area (Å²) in [5.74, 6) is 2.77. The van der Waals surface area contributed by atoms with Crippen molar-refractivity contribution in [3.8, 4) is 17.2 Å². The van der Waals surface area contributed by atoms with Crippen molar-refractivity contribution in [1.82, 2.24) is 0 Å². The SMILES string of the molecule is COc1ccc(C(Br)CCC(C)C)c(OC)c1OC. The second-order valence-corrected chi connectivity index (χ2v) is 5.97. The van der Waals surface area contributed by atoms with E-state index in [2.05, 4.69) is 29.8 Å². The first-order valence-corrected chi connectivity index (χ1v) is 7.39. The molecule has 108 valence electrons. The topological polar surface area (TPSA) is 27.7 Å². The maximum absolute atomic E-state index is 5.50. The van der Waals surface area contributed by atoms with Crippen LogP contribution in [0.15, 0.2) is 12.1 Å². The summed E-state index contributed by atoms with van der Waals surface area (Å²) in [6.07, 6.45) is 2.22. The first-order valence-electron chi connectivity index (χ1n) is 6.48. The number of hydrogen-bond acceptors (Lipinski definition) is 3. The Labute approximate surface area is 124 Å². The van der Waals surface area contributed by atoms with Crippen molar-refractivity contribution in [3.05, 3.63) is 17.7 Å². The summed E-state index contributed by atoms with van der Waals surface area (Å²) in [5, 5.41) is 0. The Morgan fingerprint density at radius 1 is 0.947 bits per heavy atom. The molecule has 1 unspecified atom stereocenters. The van der Waals surface area contributed by atoms with Crippen LogP contribution in [0.25, 0.3) is 0 Å². The molecule has 0 saturated heterocycles. The minimum atomic E-state index is 0.254. The molecule has 1 atom stereocenters. The third kappa shape index (κ3) is 4.03. The fraction of sp³-hybridized carbons (Fsp3) is 0.600. The van der Waals surface area contributed by atoms with Gasteiger partial charge in [0, 0.05) is 10.4 Å². The molecule has 4 heteroatoms. The van der Waals surface area contributed by atoms with Gasteiger partial charge >= 0.3 is 0 Å². The number of halogens is 1. The van der Waals surface area contributed by atoms with Crippen LogP contribution < -0.4 is 14.2 Å². The van der Waals surface area contributed by atoms with E-state index in [4.69, 9.17) is 14.2 Å². The van der Waals surface area contributed by atoms with Gasteiger partial charge in [-0.25, -0.2) is 0 Å². The van der Waals surface area contributed by atoms with Crippen LogP contribution in [0.2, 0.25) is 0 Å². The van der Waals surface area contributed by atoms with Gasteiger partial charge in [-0.3, -0.25) is 0 Å². The summed E-state index contributed by atoms with van der Waals surface area (Å²) >= 11 is 3.74. The van der Waals surface area contributed by atoms with Crippen LogP contribution in [0.5, 0.6) is 17.2 Å². The molecule has 1 aromatic rings. The van der Waals surface area contributed by atoms with Gasteiger partial charge in [-0.05, 0) is 24.8 Å². The summed E-state index contributed by atoms with van der Waals surface area (Å²) in [5.41, 5.74) is 1.10. The second-order valence-electron chi connectivity index (χ2n) is 4.86. The molecule has 0 aliphatic carbocycles. The van der Waals surface area contributed by atoms with Crippen LogP contribution in [-0.2, 0) is 0 Å². The Morgan fingerprint density at radius 3 is 2.05 bits per heavy atom. The first kappa shape index (κ1) is 16.2. The van der Waals surface area contributed by atoms with Gasteiger partial charge in [0.2, 0.25) is 5.75 Å². The molecule has 0 aliphatic rings. The molecule has 1 rings (SSSR count). The molecule has 19 heavy (non-hydrogen) atoms. The van der Waals surface area contributed by atoms with E-state index in [1.165, 1.54) is 0 Å². The third-order valence-electron chi connectivity index (χ3n) is 3.07. The molecule has 0 radical (unpaired) electrons. The quantitative estimate of drug-likeness (QED) is 0.684. The van der Waals surface area contributed by atoms with E-state index in [-0.39, 0.29) is 4.83 Å². The molecule has 0 spiro atoms. The van der Waals surface area contributed by atoms with Crippen molar-refractivity contribution in [2.75, 3.05) is 21.3 Å². The summed E-state index contributed by atoms with van der Waals surface area (Å²) in [6.45, 7) is 4.46. The normalized spacial score (nSPS) is 12.4. The smallest absolute Gasteiger partial charge is 0.203 e. The van der Waals surface area contributed by atoms with E-state index in [1.807, 2.05) is 12.1 Å². The lowest BCUT2D eigenvalue weighted by Gasteiger charge is -2.19. The standard InChI is InChI=1S/C15H23BrO3/c1-10(2)6-8-12(16)11-7-9-13(17-3)15(19-5)14(11)18-4/h7,9-10,12H,6,8H2,1-5H3. The molecule has 0 fully saturated rings. The van der Waals surface area contributed by atoms with Crippen molar-refractivity contribution in [3.63, 3.8) is 0 Å². The van der Waals surface area contributed by atoms with E-state index < -0.39 is 0 Å². The molecule has 0 bridgehead atoms. The highest BCUT2D eigenvalue weighted by Crippen LogP contribution is 2.45. The minimum Gasteiger partial charge on any atom is -0.493 e. The predicted octanol–water partition coefficient (Wildman–Crippen LogP) is 4.58. The van der Waals surface area contributed by atoms with Gasteiger partial charge in [0.05, 0.1) is 21.3 Å². The first-order chi connectivity index (χ1) is 9.04. The van der Waals surface area contributed by atoms with Gasteiger partial charge in [0.25, 0.3) is 0 Å². The number of ether oxygens (including phenoxy) is 3. The van der Waals surface area contributed by atoms with Crippen LogP contribution in [0.4, 0.5) is 0 Å². The van der Waals surface area contributed by atoms with Crippen LogP contribution >= 0.6 is 15.9 Å². The van der Waals surface area contributed by atoms with Gasteiger partial charge in [-0.2, -0.15) is 0 Å². The molecule has 0 heterocycles. The van der Waals surface area contributed by atoms with Crippen molar-refractivity contribution in [1.29, 1.82) is 0 Å². The summed E-state index contributed by atoms with van der Waals surface area (Å²) < 4.78 is 16.2. The largest absolute Gasteiger partial charge is 0.493 e. The Balaban J connectivity index is 3.06. The van der Waals surface area contributed by atoms with Gasteiger partial charge in [0.15, 0.2) is 11.5 Å².